The van der Waals surface area contributed by atoms with Crippen LogP contribution in [0, 0.1) is 12.8 Å². The minimum atomic E-state index is -0.586. The predicted octanol–water partition coefficient (Wildman–Crippen LogP) is 4.58. The number of fused-ring (bicyclic) bond motifs is 1. The summed E-state index contributed by atoms with van der Waals surface area (Å²) < 4.78 is 5.37. The summed E-state index contributed by atoms with van der Waals surface area (Å²) in [4.78, 5) is 2.50. The van der Waals surface area contributed by atoms with E-state index in [2.05, 4.69) is 36.1 Å². The summed E-state index contributed by atoms with van der Waals surface area (Å²) in [6, 6.07) is 14.5. The Bertz CT molecular complexity index is 819. The molecule has 2 aromatic rings. The Morgan fingerprint density at radius 3 is 2.64 bits per heavy atom. The number of hydrogen-bond acceptors (Lipinski definition) is 4. The topological polar surface area (TPSA) is 52.9 Å². The summed E-state index contributed by atoms with van der Waals surface area (Å²) in [5.74, 6) is 0.860. The van der Waals surface area contributed by atoms with Crippen LogP contribution in [0.5, 0.6) is 11.5 Å². The summed E-state index contributed by atoms with van der Waals surface area (Å²) in [5, 5.41) is 21.5. The Hall–Kier alpha value is -2.04. The van der Waals surface area contributed by atoms with E-state index in [1.165, 1.54) is 11.1 Å². The fraction of sp³-hybridized carbons (Fsp3) is 0.500. The molecule has 0 aromatic heterocycles. The first kappa shape index (κ1) is 19.3. The highest BCUT2D eigenvalue weighted by Gasteiger charge is 2.48. The van der Waals surface area contributed by atoms with Crippen LogP contribution in [0.3, 0.4) is 0 Å². The van der Waals surface area contributed by atoms with Crippen molar-refractivity contribution in [2.45, 2.75) is 57.2 Å². The van der Waals surface area contributed by atoms with Crippen LogP contribution < -0.4 is 4.74 Å². The van der Waals surface area contributed by atoms with Crippen LogP contribution in [-0.2, 0) is 6.54 Å². The van der Waals surface area contributed by atoms with E-state index in [4.69, 9.17) is 4.74 Å². The maximum Gasteiger partial charge on any atom is 0.160 e. The molecule has 4 rings (SSSR count). The average molecular weight is 382 g/mol. The molecule has 0 radical (unpaired) electrons. The Kier molecular flexibility index (Phi) is 5.35. The van der Waals surface area contributed by atoms with Crippen molar-refractivity contribution in [2.24, 2.45) is 5.92 Å². The molecule has 1 heterocycles. The number of phenols is 1. The summed E-state index contributed by atoms with van der Waals surface area (Å²) in [5.41, 5.74) is 3.09. The van der Waals surface area contributed by atoms with Crippen molar-refractivity contribution in [1.82, 2.24) is 4.90 Å². The molecule has 0 bridgehead atoms. The molecule has 150 valence electrons. The first-order valence-corrected chi connectivity index (χ1v) is 10.4. The molecule has 2 aliphatic rings. The van der Waals surface area contributed by atoms with Crippen molar-refractivity contribution in [2.75, 3.05) is 13.7 Å². The number of piperidine rings is 1. The number of aromatic hydroxyl groups is 1. The van der Waals surface area contributed by atoms with Gasteiger partial charge in [-0.15, -0.1) is 0 Å². The van der Waals surface area contributed by atoms with Crippen LogP contribution in [-0.4, -0.2) is 34.4 Å². The van der Waals surface area contributed by atoms with Gasteiger partial charge in [-0.05, 0) is 49.4 Å². The Labute approximate surface area is 167 Å². The van der Waals surface area contributed by atoms with Crippen LogP contribution in [0.25, 0.3) is 0 Å². The number of aryl methyl sites for hydroxylation is 1. The minimum absolute atomic E-state index is 0.120. The van der Waals surface area contributed by atoms with E-state index < -0.39 is 5.60 Å². The minimum Gasteiger partial charge on any atom is -0.504 e. The van der Waals surface area contributed by atoms with Crippen LogP contribution in [0.4, 0.5) is 0 Å². The van der Waals surface area contributed by atoms with Crippen molar-refractivity contribution >= 4 is 0 Å². The molecule has 2 N–H and O–H groups in total. The van der Waals surface area contributed by atoms with Gasteiger partial charge in [0.2, 0.25) is 0 Å². The zero-order valence-corrected chi connectivity index (χ0v) is 16.9. The van der Waals surface area contributed by atoms with Crippen LogP contribution in [0.1, 0.15) is 54.8 Å². The molecule has 2 aromatic carbocycles. The largest absolute Gasteiger partial charge is 0.504 e. The SMILES string of the molecule is COc1cc([C@H]2[C@H]3CCCC[C@]3(O)CCN2Cc2ccc(C)cc2)ccc1O. The average Bonchev–Trinajstić information content (AvgIpc) is 2.70. The number of rotatable bonds is 4. The van der Waals surface area contributed by atoms with Gasteiger partial charge >= 0.3 is 0 Å². The zero-order valence-electron chi connectivity index (χ0n) is 16.9. The Morgan fingerprint density at radius 2 is 1.89 bits per heavy atom. The maximum atomic E-state index is 11.4. The Balaban J connectivity index is 1.70. The molecule has 1 saturated carbocycles. The molecular weight excluding hydrogens is 350 g/mol. The van der Waals surface area contributed by atoms with E-state index in [1.54, 1.807) is 13.2 Å². The van der Waals surface area contributed by atoms with Crippen molar-refractivity contribution < 1.29 is 14.9 Å². The molecule has 0 spiro atoms. The summed E-state index contributed by atoms with van der Waals surface area (Å²) in [6.07, 6.45) is 5.03. The monoisotopic (exact) mass is 381 g/mol. The molecule has 3 atom stereocenters. The van der Waals surface area contributed by atoms with Crippen molar-refractivity contribution in [3.8, 4) is 11.5 Å². The van der Waals surface area contributed by atoms with E-state index in [9.17, 15) is 10.2 Å². The first-order chi connectivity index (χ1) is 13.5. The highest BCUT2D eigenvalue weighted by Crippen LogP contribution is 2.50. The lowest BCUT2D eigenvalue weighted by Crippen LogP contribution is -2.54. The van der Waals surface area contributed by atoms with Crippen molar-refractivity contribution in [3.63, 3.8) is 0 Å². The molecule has 1 aliphatic carbocycles. The second kappa shape index (κ2) is 7.76. The lowest BCUT2D eigenvalue weighted by Gasteiger charge is -2.53. The number of methoxy groups -OCH3 is 1. The van der Waals surface area contributed by atoms with E-state index in [1.807, 2.05) is 12.1 Å². The maximum absolute atomic E-state index is 11.4. The summed E-state index contributed by atoms with van der Waals surface area (Å²) in [6.45, 7) is 3.84. The van der Waals surface area contributed by atoms with Gasteiger partial charge in [0.15, 0.2) is 11.5 Å². The molecule has 28 heavy (non-hydrogen) atoms. The molecule has 4 nitrogen and oxygen atoms in total. The highest BCUT2D eigenvalue weighted by molar-refractivity contribution is 5.43. The third-order valence-corrected chi connectivity index (χ3v) is 6.72. The number of benzene rings is 2. The molecule has 0 amide bonds. The third-order valence-electron chi connectivity index (χ3n) is 6.72. The summed E-state index contributed by atoms with van der Waals surface area (Å²) >= 11 is 0. The number of nitrogens with zero attached hydrogens (tertiary/aromatic N) is 1. The fourth-order valence-corrected chi connectivity index (χ4v) is 5.17. The van der Waals surface area contributed by atoms with E-state index >= 15 is 0 Å². The summed E-state index contributed by atoms with van der Waals surface area (Å²) in [7, 11) is 1.58. The fourth-order valence-electron chi connectivity index (χ4n) is 5.17. The normalized spacial score (nSPS) is 28.0. The van der Waals surface area contributed by atoms with E-state index in [-0.39, 0.29) is 17.7 Å². The number of phenolic OH excluding ortho intramolecular Hbond substituents is 1. The van der Waals surface area contributed by atoms with Gasteiger partial charge in [-0.3, -0.25) is 4.90 Å². The standard InChI is InChI=1S/C24H31NO3/c1-17-6-8-18(9-7-17)16-25-14-13-24(27)12-4-3-5-20(24)23(25)19-10-11-21(26)22(15-19)28-2/h6-11,15,20,23,26-27H,3-5,12-14,16H2,1-2H3/t20-,23+,24+/m1/s1. The van der Waals surface area contributed by atoms with Gasteiger partial charge in [0.1, 0.15) is 0 Å². The van der Waals surface area contributed by atoms with Gasteiger partial charge in [-0.2, -0.15) is 0 Å². The second-order valence-corrected chi connectivity index (χ2v) is 8.54. The first-order valence-electron chi connectivity index (χ1n) is 10.4. The predicted molar refractivity (Wildman–Crippen MR) is 111 cm³/mol. The molecular formula is C24H31NO3. The van der Waals surface area contributed by atoms with E-state index in [0.29, 0.717) is 5.75 Å². The number of aliphatic hydroxyl groups is 1. The van der Waals surface area contributed by atoms with Gasteiger partial charge < -0.3 is 14.9 Å². The molecule has 1 aliphatic heterocycles. The van der Waals surface area contributed by atoms with E-state index in [0.717, 1.165) is 50.8 Å². The van der Waals surface area contributed by atoms with Gasteiger partial charge in [0.05, 0.1) is 12.7 Å². The lowest BCUT2D eigenvalue weighted by molar-refractivity contribution is -0.126. The quantitative estimate of drug-likeness (QED) is 0.814. The van der Waals surface area contributed by atoms with Crippen LogP contribution in [0.15, 0.2) is 42.5 Å². The van der Waals surface area contributed by atoms with Gasteiger partial charge in [-0.1, -0.05) is 48.7 Å². The van der Waals surface area contributed by atoms with Gasteiger partial charge in [0.25, 0.3) is 0 Å². The number of likely N-dealkylation sites (tertiary alicyclic amines) is 1. The number of ether oxygens (including phenoxy) is 1. The van der Waals surface area contributed by atoms with Crippen LogP contribution in [0.2, 0.25) is 0 Å². The molecule has 1 saturated heterocycles. The molecule has 2 fully saturated rings. The van der Waals surface area contributed by atoms with Crippen molar-refractivity contribution in [3.05, 3.63) is 59.2 Å². The zero-order chi connectivity index (χ0) is 19.7. The van der Waals surface area contributed by atoms with Gasteiger partial charge in [0, 0.05) is 25.0 Å². The van der Waals surface area contributed by atoms with Crippen LogP contribution >= 0.6 is 0 Å². The smallest absolute Gasteiger partial charge is 0.160 e. The number of hydrogen-bond donors (Lipinski definition) is 2. The third kappa shape index (κ3) is 3.63. The van der Waals surface area contributed by atoms with Gasteiger partial charge in [-0.25, -0.2) is 0 Å². The second-order valence-electron chi connectivity index (χ2n) is 8.54. The van der Waals surface area contributed by atoms with Crippen molar-refractivity contribution in [1.29, 1.82) is 0 Å². The molecule has 4 heteroatoms. The lowest BCUT2D eigenvalue weighted by atomic mass is 9.66. The molecule has 0 unspecified atom stereocenters. The Morgan fingerprint density at radius 1 is 1.11 bits per heavy atom. The highest BCUT2D eigenvalue weighted by atomic mass is 16.5.